The van der Waals surface area contributed by atoms with E-state index in [0.29, 0.717) is 6.04 Å². The molecule has 1 rings (SSSR count). The maximum absolute atomic E-state index is 3.97. The smallest absolute Gasteiger partial charge is 0.0430 e. The van der Waals surface area contributed by atoms with Crippen LogP contribution in [0.4, 0.5) is 0 Å². The minimum absolute atomic E-state index is 0.509. The highest BCUT2D eigenvalue weighted by Crippen LogP contribution is 2.01. The van der Waals surface area contributed by atoms with Gasteiger partial charge in [-0.15, -0.1) is 0 Å². The van der Waals surface area contributed by atoms with E-state index in [-0.39, 0.29) is 0 Å². The highest BCUT2D eigenvalue weighted by atomic mass is 15.1. The van der Waals surface area contributed by atoms with Crippen LogP contribution in [-0.4, -0.2) is 17.2 Å². The lowest BCUT2D eigenvalue weighted by atomic mass is 10.3. The summed E-state index contributed by atoms with van der Waals surface area (Å²) in [6.07, 6.45) is 9.47. The molecule has 0 spiro atoms. The lowest BCUT2D eigenvalue weighted by Crippen LogP contribution is -2.18. The number of nitrogens with zero attached hydrogens (tertiary/aromatic N) is 2. The van der Waals surface area contributed by atoms with Crippen LogP contribution in [0.15, 0.2) is 29.7 Å². The molecule has 0 unspecified atom stereocenters. The molecule has 1 aliphatic heterocycles. The molecule has 10 heavy (non-hydrogen) atoms. The summed E-state index contributed by atoms with van der Waals surface area (Å²) in [5.41, 5.74) is 0. The zero-order valence-corrected chi connectivity index (χ0v) is 6.36. The van der Waals surface area contributed by atoms with Crippen LogP contribution in [-0.2, 0) is 0 Å². The number of hydrogen-bond acceptors (Lipinski definition) is 2. The van der Waals surface area contributed by atoms with Crippen LogP contribution in [0.2, 0.25) is 0 Å². The number of aliphatic imine (C=N–C) groups is 1. The number of allylic oxidation sites excluding steroid dienone is 1. The van der Waals surface area contributed by atoms with Crippen molar-refractivity contribution in [2.24, 2.45) is 4.99 Å². The number of hydrogen-bond donors (Lipinski definition) is 0. The Bertz CT molecular complexity index is 162. The van der Waals surface area contributed by atoms with Gasteiger partial charge in [-0.1, -0.05) is 0 Å². The average molecular weight is 136 g/mol. The largest absolute Gasteiger partial charge is 0.350 e. The highest BCUT2D eigenvalue weighted by molar-refractivity contribution is 5.71. The molecule has 2 heteroatoms. The molecule has 0 radical (unpaired) electrons. The Morgan fingerprint density at radius 2 is 2.10 bits per heavy atom. The Kier molecular flexibility index (Phi) is 2.26. The molecule has 0 bridgehead atoms. The standard InChI is InChI=1S/C8H12N2/c1-8(2)10-6-3-4-9-5-7-10/h3-8H,1-2H3. The van der Waals surface area contributed by atoms with Crippen LogP contribution in [0.25, 0.3) is 0 Å². The van der Waals surface area contributed by atoms with Gasteiger partial charge in [-0.05, 0) is 19.9 Å². The topological polar surface area (TPSA) is 15.6 Å². The molecule has 0 aromatic carbocycles. The fourth-order valence-corrected chi connectivity index (χ4v) is 0.747. The van der Waals surface area contributed by atoms with Gasteiger partial charge in [0, 0.05) is 30.9 Å². The third kappa shape index (κ3) is 1.72. The Hall–Kier alpha value is -1.05. The maximum atomic E-state index is 3.97. The second-order valence-electron chi connectivity index (χ2n) is 2.48. The van der Waals surface area contributed by atoms with E-state index in [9.17, 15) is 0 Å². The van der Waals surface area contributed by atoms with Crippen molar-refractivity contribution in [1.29, 1.82) is 0 Å². The molecule has 0 amide bonds. The second kappa shape index (κ2) is 3.20. The molecule has 0 saturated carbocycles. The van der Waals surface area contributed by atoms with Crippen molar-refractivity contribution >= 4 is 6.21 Å². The van der Waals surface area contributed by atoms with Gasteiger partial charge >= 0.3 is 0 Å². The highest BCUT2D eigenvalue weighted by Gasteiger charge is 1.98. The molecule has 1 heterocycles. The summed E-state index contributed by atoms with van der Waals surface area (Å²) in [6, 6.07) is 0.509. The zero-order valence-electron chi connectivity index (χ0n) is 6.36. The van der Waals surface area contributed by atoms with Crippen molar-refractivity contribution in [3.8, 4) is 0 Å². The predicted molar refractivity (Wildman–Crippen MR) is 43.7 cm³/mol. The molecule has 0 N–H and O–H groups in total. The Morgan fingerprint density at radius 3 is 2.80 bits per heavy atom. The van der Waals surface area contributed by atoms with Gasteiger partial charge in [0.25, 0.3) is 0 Å². The minimum Gasteiger partial charge on any atom is -0.350 e. The molecule has 1 aliphatic rings. The van der Waals surface area contributed by atoms with Crippen molar-refractivity contribution < 1.29 is 0 Å². The quantitative estimate of drug-likeness (QED) is 0.536. The molecule has 2 nitrogen and oxygen atoms in total. The van der Waals surface area contributed by atoms with Crippen LogP contribution in [0.5, 0.6) is 0 Å². The third-order valence-corrected chi connectivity index (χ3v) is 1.35. The maximum Gasteiger partial charge on any atom is 0.0430 e. The summed E-state index contributed by atoms with van der Waals surface area (Å²) < 4.78 is 0. The zero-order chi connectivity index (χ0) is 7.40. The molecule has 0 aromatic heterocycles. The SMILES string of the molecule is CC(C)N1C=CC=NC=C1. The average Bonchev–Trinajstić information content (AvgIpc) is 2.12. The summed E-state index contributed by atoms with van der Waals surface area (Å²) >= 11 is 0. The molecule has 0 fully saturated rings. The first kappa shape index (κ1) is 7.06. The Balaban J connectivity index is 2.63. The van der Waals surface area contributed by atoms with Gasteiger partial charge in [0.1, 0.15) is 0 Å². The van der Waals surface area contributed by atoms with Gasteiger partial charge in [0.15, 0.2) is 0 Å². The third-order valence-electron chi connectivity index (χ3n) is 1.35. The predicted octanol–water partition coefficient (Wildman–Crippen LogP) is 1.77. The van der Waals surface area contributed by atoms with Gasteiger partial charge in [0.2, 0.25) is 0 Å². The van der Waals surface area contributed by atoms with Crippen LogP contribution in [0.3, 0.4) is 0 Å². The van der Waals surface area contributed by atoms with Gasteiger partial charge in [0.05, 0.1) is 0 Å². The van der Waals surface area contributed by atoms with E-state index >= 15 is 0 Å². The monoisotopic (exact) mass is 136 g/mol. The van der Waals surface area contributed by atoms with Crippen molar-refractivity contribution in [1.82, 2.24) is 4.90 Å². The second-order valence-corrected chi connectivity index (χ2v) is 2.48. The van der Waals surface area contributed by atoms with E-state index in [2.05, 4.69) is 23.7 Å². The van der Waals surface area contributed by atoms with E-state index in [1.807, 2.05) is 18.5 Å². The van der Waals surface area contributed by atoms with Crippen LogP contribution < -0.4 is 0 Å². The van der Waals surface area contributed by atoms with E-state index < -0.39 is 0 Å². The van der Waals surface area contributed by atoms with Crippen molar-refractivity contribution in [2.75, 3.05) is 0 Å². The van der Waals surface area contributed by atoms with E-state index in [1.54, 1.807) is 12.4 Å². The summed E-state index contributed by atoms with van der Waals surface area (Å²) in [5.74, 6) is 0. The van der Waals surface area contributed by atoms with Crippen molar-refractivity contribution in [3.05, 3.63) is 24.7 Å². The van der Waals surface area contributed by atoms with Gasteiger partial charge in [-0.25, -0.2) is 0 Å². The van der Waals surface area contributed by atoms with Crippen molar-refractivity contribution in [2.45, 2.75) is 19.9 Å². The molecule has 0 aromatic rings. The number of rotatable bonds is 1. The Morgan fingerprint density at radius 1 is 1.30 bits per heavy atom. The molecule has 0 aliphatic carbocycles. The fourth-order valence-electron chi connectivity index (χ4n) is 0.747. The molecule has 54 valence electrons. The molecule has 0 atom stereocenters. The van der Waals surface area contributed by atoms with Crippen LogP contribution >= 0.6 is 0 Å². The van der Waals surface area contributed by atoms with E-state index in [4.69, 9.17) is 0 Å². The van der Waals surface area contributed by atoms with Gasteiger partial charge in [-0.3, -0.25) is 4.99 Å². The van der Waals surface area contributed by atoms with Crippen molar-refractivity contribution in [3.63, 3.8) is 0 Å². The first-order chi connectivity index (χ1) is 4.80. The minimum atomic E-state index is 0.509. The first-order valence-electron chi connectivity index (χ1n) is 3.45. The normalized spacial score (nSPS) is 16.5. The Labute approximate surface area is 61.6 Å². The summed E-state index contributed by atoms with van der Waals surface area (Å²) in [7, 11) is 0. The lowest BCUT2D eigenvalue weighted by molar-refractivity contribution is 0.417. The summed E-state index contributed by atoms with van der Waals surface area (Å²) in [4.78, 5) is 6.07. The fraction of sp³-hybridized carbons (Fsp3) is 0.375. The lowest BCUT2D eigenvalue weighted by Gasteiger charge is -2.18. The van der Waals surface area contributed by atoms with Crippen LogP contribution in [0.1, 0.15) is 13.8 Å². The van der Waals surface area contributed by atoms with E-state index in [0.717, 1.165) is 0 Å². The van der Waals surface area contributed by atoms with Gasteiger partial charge in [-0.2, -0.15) is 0 Å². The molecular weight excluding hydrogens is 124 g/mol. The van der Waals surface area contributed by atoms with E-state index in [1.165, 1.54) is 0 Å². The first-order valence-corrected chi connectivity index (χ1v) is 3.45. The summed E-state index contributed by atoms with van der Waals surface area (Å²) in [6.45, 7) is 4.28. The molecule has 0 saturated heterocycles. The van der Waals surface area contributed by atoms with Gasteiger partial charge < -0.3 is 4.90 Å². The summed E-state index contributed by atoms with van der Waals surface area (Å²) in [5, 5.41) is 0. The van der Waals surface area contributed by atoms with Crippen LogP contribution in [0, 0.1) is 0 Å². The molecular formula is C8H12N2.